The van der Waals surface area contributed by atoms with Gasteiger partial charge in [0.1, 0.15) is 17.8 Å². The van der Waals surface area contributed by atoms with Crippen molar-refractivity contribution in [1.82, 2.24) is 24.8 Å². The highest BCUT2D eigenvalue weighted by atomic mass is 33.1. The summed E-state index contributed by atoms with van der Waals surface area (Å²) in [6, 6.07) is 0. The molecule has 16 heteroatoms. The molecule has 0 spiro atoms. The summed E-state index contributed by atoms with van der Waals surface area (Å²) in [5.41, 5.74) is -0.401. The molecule has 3 heterocycles. The number of aromatic nitrogens is 3. The lowest BCUT2D eigenvalue weighted by atomic mass is 10.2. The number of hydrogen-bond acceptors (Lipinski definition) is 9. The maximum atomic E-state index is 13.0. The number of aliphatic imine (C=N–C) groups is 1. The SMILES string of the molecule is CSS[C@@H](C)OC1C[C@H](n2cc(C#CCNC(=O)C(F)(F)F)c3c(=O)[nH]c(/N=C\N(C)C)nc32)O[C@@H]1CO. The Morgan fingerprint density at radius 1 is 1.53 bits per heavy atom. The number of hydrogen-bond donors (Lipinski definition) is 3. The van der Waals surface area contributed by atoms with Crippen molar-refractivity contribution in [3.05, 3.63) is 22.1 Å². The van der Waals surface area contributed by atoms with Gasteiger partial charge >= 0.3 is 12.1 Å². The van der Waals surface area contributed by atoms with Crippen molar-refractivity contribution in [2.45, 2.75) is 43.4 Å². The van der Waals surface area contributed by atoms with Gasteiger partial charge in [0.05, 0.1) is 36.5 Å². The Morgan fingerprint density at radius 2 is 2.26 bits per heavy atom. The van der Waals surface area contributed by atoms with Gasteiger partial charge in [-0.3, -0.25) is 14.6 Å². The molecule has 0 aliphatic carbocycles. The minimum Gasteiger partial charge on any atom is -0.394 e. The second-order valence-electron chi connectivity index (χ2n) is 8.28. The van der Waals surface area contributed by atoms with Crippen molar-refractivity contribution >= 4 is 50.8 Å². The number of halogens is 3. The number of alkyl halides is 3. The molecule has 2 aromatic rings. The van der Waals surface area contributed by atoms with Crippen molar-refractivity contribution in [3.63, 3.8) is 0 Å². The third-order valence-corrected chi connectivity index (χ3v) is 7.13. The average molecular weight is 577 g/mol. The van der Waals surface area contributed by atoms with Crippen LogP contribution in [-0.2, 0) is 14.3 Å². The molecule has 1 amide bonds. The summed E-state index contributed by atoms with van der Waals surface area (Å²) in [5, 5.41) is 11.6. The van der Waals surface area contributed by atoms with Crippen LogP contribution in [0.25, 0.3) is 11.0 Å². The van der Waals surface area contributed by atoms with Crippen molar-refractivity contribution in [2.75, 3.05) is 33.5 Å². The normalized spacial score (nSPS) is 20.5. The fourth-order valence-electron chi connectivity index (χ4n) is 3.64. The minimum absolute atomic E-state index is 0.0157. The van der Waals surface area contributed by atoms with E-state index in [-0.39, 0.29) is 34.6 Å². The van der Waals surface area contributed by atoms with Gasteiger partial charge in [-0.2, -0.15) is 18.2 Å². The fraction of sp³-hybridized carbons (Fsp3) is 0.545. The lowest BCUT2D eigenvalue weighted by molar-refractivity contribution is -0.173. The van der Waals surface area contributed by atoms with Crippen LogP contribution in [0, 0.1) is 11.8 Å². The van der Waals surface area contributed by atoms with Gasteiger partial charge in [0.15, 0.2) is 5.65 Å². The van der Waals surface area contributed by atoms with Gasteiger partial charge in [-0.05, 0) is 13.2 Å². The van der Waals surface area contributed by atoms with Crippen LogP contribution in [0.5, 0.6) is 0 Å². The van der Waals surface area contributed by atoms with Crippen LogP contribution in [0.4, 0.5) is 19.1 Å². The predicted octanol–water partition coefficient (Wildman–Crippen LogP) is 2.00. The van der Waals surface area contributed by atoms with Crippen molar-refractivity contribution in [3.8, 4) is 11.8 Å². The number of rotatable bonds is 9. The number of H-pyrrole nitrogens is 1. The number of carbonyl (C=O) groups is 1. The molecule has 0 saturated carbocycles. The van der Waals surface area contributed by atoms with E-state index >= 15 is 0 Å². The Labute approximate surface area is 223 Å². The summed E-state index contributed by atoms with van der Waals surface area (Å²) in [4.78, 5) is 36.8. The lowest BCUT2D eigenvalue weighted by Gasteiger charge is -2.20. The van der Waals surface area contributed by atoms with Crippen molar-refractivity contribution < 1.29 is 32.5 Å². The Hall–Kier alpha value is -2.71. The molecule has 1 aliphatic heterocycles. The van der Waals surface area contributed by atoms with E-state index in [2.05, 4.69) is 26.8 Å². The number of amides is 1. The summed E-state index contributed by atoms with van der Waals surface area (Å²) in [6.07, 6.45) is -1.61. The first-order chi connectivity index (χ1) is 17.9. The topological polar surface area (TPSA) is 134 Å². The molecule has 1 saturated heterocycles. The van der Waals surface area contributed by atoms with Gasteiger partial charge in [-0.1, -0.05) is 33.4 Å². The van der Waals surface area contributed by atoms with E-state index in [1.165, 1.54) is 23.3 Å². The highest BCUT2D eigenvalue weighted by Crippen LogP contribution is 2.36. The molecule has 1 fully saturated rings. The number of aliphatic hydroxyl groups is 1. The number of ether oxygens (including phenoxy) is 2. The van der Waals surface area contributed by atoms with Gasteiger partial charge < -0.3 is 29.4 Å². The Bertz CT molecular complexity index is 1290. The third-order valence-electron chi connectivity index (χ3n) is 5.17. The number of aromatic amines is 1. The summed E-state index contributed by atoms with van der Waals surface area (Å²) in [7, 11) is 6.54. The number of carbonyl (C=O) groups excluding carboxylic acids is 1. The monoisotopic (exact) mass is 576 g/mol. The van der Waals surface area contributed by atoms with Gasteiger partial charge in [-0.15, -0.1) is 0 Å². The van der Waals surface area contributed by atoms with E-state index in [4.69, 9.17) is 9.47 Å². The molecule has 2 aromatic heterocycles. The zero-order chi connectivity index (χ0) is 28.0. The van der Waals surface area contributed by atoms with Crippen LogP contribution < -0.4 is 10.9 Å². The van der Waals surface area contributed by atoms with E-state index in [0.29, 0.717) is 6.42 Å². The first kappa shape index (κ1) is 29.8. The Balaban J connectivity index is 1.99. The van der Waals surface area contributed by atoms with Gasteiger partial charge in [0.2, 0.25) is 5.95 Å². The molecule has 3 rings (SSSR count). The van der Waals surface area contributed by atoms with E-state index in [1.54, 1.807) is 39.7 Å². The smallest absolute Gasteiger partial charge is 0.394 e. The predicted molar refractivity (Wildman–Crippen MR) is 139 cm³/mol. The second-order valence-corrected chi connectivity index (χ2v) is 11.0. The Morgan fingerprint density at radius 3 is 2.89 bits per heavy atom. The molecule has 3 N–H and O–H groups in total. The molecule has 0 bridgehead atoms. The maximum absolute atomic E-state index is 13.0. The summed E-state index contributed by atoms with van der Waals surface area (Å²) in [5.74, 6) is 2.96. The van der Waals surface area contributed by atoms with Crippen LogP contribution in [0.3, 0.4) is 0 Å². The van der Waals surface area contributed by atoms with E-state index in [1.807, 2.05) is 13.2 Å². The quantitative estimate of drug-likeness (QED) is 0.135. The van der Waals surface area contributed by atoms with Crippen molar-refractivity contribution in [1.29, 1.82) is 0 Å². The van der Waals surface area contributed by atoms with Crippen LogP contribution in [-0.4, -0.2) is 94.1 Å². The maximum Gasteiger partial charge on any atom is 0.471 e. The zero-order valence-corrected chi connectivity index (χ0v) is 22.5. The third kappa shape index (κ3) is 7.44. The minimum atomic E-state index is -5.03. The molecule has 1 aliphatic rings. The number of fused-ring (bicyclic) bond motifs is 1. The largest absolute Gasteiger partial charge is 0.471 e. The summed E-state index contributed by atoms with van der Waals surface area (Å²) >= 11 is 0. The first-order valence-electron chi connectivity index (χ1n) is 11.2. The first-order valence-corrected chi connectivity index (χ1v) is 13.9. The molecule has 0 aromatic carbocycles. The number of nitrogens with zero attached hydrogens (tertiary/aromatic N) is 4. The van der Waals surface area contributed by atoms with Crippen LogP contribution in [0.15, 0.2) is 16.0 Å². The molecule has 38 heavy (non-hydrogen) atoms. The fourth-order valence-corrected chi connectivity index (χ4v) is 5.04. The molecule has 4 atom stereocenters. The standard InChI is InChI=1S/C22H27F3N6O5S2/c1-12(38-37-4)35-14-8-16(36-15(14)10-32)31-9-13(6-5-7-26-20(34)22(23,24)25)17-18(31)28-21(29-19(17)33)27-11-30(2)3/h9,11-12,14-16,32H,7-8,10H2,1-4H3,(H,26,34)(H,28,29,33)/b27-11-/t12-,14?,15+,16+/m0/s1. The summed E-state index contributed by atoms with van der Waals surface area (Å²) < 4.78 is 50.9. The molecular weight excluding hydrogens is 549 g/mol. The van der Waals surface area contributed by atoms with E-state index in [9.17, 15) is 27.9 Å². The number of nitrogens with one attached hydrogen (secondary N) is 2. The van der Waals surface area contributed by atoms with Gasteiger partial charge in [-0.25, -0.2) is 4.99 Å². The number of aliphatic hydroxyl groups excluding tert-OH is 1. The average Bonchev–Trinajstić information content (AvgIpc) is 3.41. The van der Waals surface area contributed by atoms with Crippen LogP contribution in [0.2, 0.25) is 0 Å². The zero-order valence-electron chi connectivity index (χ0n) is 20.9. The van der Waals surface area contributed by atoms with Gasteiger partial charge in [0.25, 0.3) is 5.56 Å². The molecular formula is C22H27F3N6O5S2. The van der Waals surface area contributed by atoms with E-state index in [0.717, 1.165) is 0 Å². The Kier molecular flexibility index (Phi) is 10.1. The van der Waals surface area contributed by atoms with Gasteiger partial charge in [0, 0.05) is 26.7 Å². The molecule has 0 radical (unpaired) electrons. The molecule has 11 nitrogen and oxygen atoms in total. The highest BCUT2D eigenvalue weighted by Gasteiger charge is 2.39. The van der Waals surface area contributed by atoms with Crippen LogP contribution >= 0.6 is 21.6 Å². The second kappa shape index (κ2) is 12.9. The van der Waals surface area contributed by atoms with Crippen LogP contribution in [0.1, 0.15) is 25.1 Å². The van der Waals surface area contributed by atoms with E-state index < -0.39 is 42.6 Å². The summed E-state index contributed by atoms with van der Waals surface area (Å²) in [6.45, 7) is 0.999. The van der Waals surface area contributed by atoms with Crippen molar-refractivity contribution in [2.24, 2.45) is 4.99 Å². The highest BCUT2D eigenvalue weighted by molar-refractivity contribution is 8.76. The molecule has 208 valence electrons. The lowest BCUT2D eigenvalue weighted by Crippen LogP contribution is -2.36. The molecule has 1 unspecified atom stereocenters.